The number of ether oxygens (including phenoxy) is 2. The summed E-state index contributed by atoms with van der Waals surface area (Å²) in [7, 11) is 0. The fourth-order valence-electron chi connectivity index (χ4n) is 2.81. The standard InChI is InChI=1S/C19H17F5O2/c1-3-12-4-7-16-17(8-12)26-11(2)18(20,21)15-9-14(19(22,23)24)6-5-13(15)10-25-16/h4-9,11H,3,10H2,1-2H3. The minimum absolute atomic E-state index is 0.00846. The minimum Gasteiger partial charge on any atom is -0.485 e. The maximum atomic E-state index is 14.9. The molecule has 0 spiro atoms. The van der Waals surface area contributed by atoms with E-state index in [4.69, 9.17) is 9.47 Å². The highest BCUT2D eigenvalue weighted by Gasteiger charge is 2.44. The van der Waals surface area contributed by atoms with Crippen molar-refractivity contribution in [3.05, 3.63) is 58.7 Å². The number of alkyl halides is 5. The third kappa shape index (κ3) is 3.34. The first-order valence-corrected chi connectivity index (χ1v) is 8.13. The number of hydrogen-bond acceptors (Lipinski definition) is 2. The molecule has 0 amide bonds. The highest BCUT2D eigenvalue weighted by atomic mass is 19.4. The van der Waals surface area contributed by atoms with E-state index >= 15 is 0 Å². The summed E-state index contributed by atoms with van der Waals surface area (Å²) in [5, 5.41) is 0. The zero-order chi connectivity index (χ0) is 19.1. The summed E-state index contributed by atoms with van der Waals surface area (Å²) in [5.74, 6) is -3.19. The number of hydrogen-bond donors (Lipinski definition) is 0. The minimum atomic E-state index is -4.71. The molecule has 26 heavy (non-hydrogen) atoms. The van der Waals surface area contributed by atoms with Crippen LogP contribution in [0.1, 0.15) is 36.1 Å². The second kappa shape index (κ2) is 6.45. The smallest absolute Gasteiger partial charge is 0.416 e. The van der Waals surface area contributed by atoms with E-state index in [9.17, 15) is 22.0 Å². The molecular weight excluding hydrogens is 355 g/mol. The molecule has 2 aromatic carbocycles. The molecule has 0 N–H and O–H groups in total. The van der Waals surface area contributed by atoms with Gasteiger partial charge in [-0.25, -0.2) is 0 Å². The van der Waals surface area contributed by atoms with Gasteiger partial charge < -0.3 is 9.47 Å². The van der Waals surface area contributed by atoms with Crippen LogP contribution in [0.3, 0.4) is 0 Å². The van der Waals surface area contributed by atoms with E-state index in [0.717, 1.165) is 24.6 Å². The molecule has 0 saturated carbocycles. The monoisotopic (exact) mass is 372 g/mol. The summed E-state index contributed by atoms with van der Waals surface area (Å²) in [4.78, 5) is 0. The molecule has 0 saturated heterocycles. The Hall–Kier alpha value is -2.31. The Balaban J connectivity index is 2.10. The van der Waals surface area contributed by atoms with Crippen molar-refractivity contribution in [3.8, 4) is 11.5 Å². The predicted molar refractivity (Wildman–Crippen MR) is 85.6 cm³/mol. The van der Waals surface area contributed by atoms with Crippen molar-refractivity contribution < 1.29 is 31.4 Å². The van der Waals surface area contributed by atoms with Crippen LogP contribution in [0, 0.1) is 0 Å². The number of halogens is 5. The quantitative estimate of drug-likeness (QED) is 0.596. The molecule has 0 radical (unpaired) electrons. The molecule has 0 bridgehead atoms. The molecule has 1 atom stereocenters. The first kappa shape index (κ1) is 18.5. The summed E-state index contributed by atoms with van der Waals surface area (Å²) in [5.41, 5.74) is -0.999. The fraction of sp³-hybridized carbons (Fsp3) is 0.368. The van der Waals surface area contributed by atoms with Crippen LogP contribution in [-0.4, -0.2) is 6.10 Å². The molecule has 1 aliphatic heterocycles. The summed E-state index contributed by atoms with van der Waals surface area (Å²) < 4.78 is 79.7. The van der Waals surface area contributed by atoms with Gasteiger partial charge in [-0.1, -0.05) is 19.1 Å². The zero-order valence-electron chi connectivity index (χ0n) is 14.2. The second-order valence-corrected chi connectivity index (χ2v) is 6.18. The van der Waals surface area contributed by atoms with Gasteiger partial charge in [0.2, 0.25) is 0 Å². The number of benzene rings is 2. The Bertz CT molecular complexity index is 814. The number of rotatable bonds is 1. The maximum absolute atomic E-state index is 14.9. The van der Waals surface area contributed by atoms with Gasteiger partial charge >= 0.3 is 12.1 Å². The van der Waals surface area contributed by atoms with Crippen LogP contribution in [0.4, 0.5) is 22.0 Å². The van der Waals surface area contributed by atoms with Crippen molar-refractivity contribution in [2.45, 2.75) is 45.1 Å². The van der Waals surface area contributed by atoms with E-state index < -0.39 is 29.3 Å². The average Bonchev–Trinajstić information content (AvgIpc) is 2.62. The lowest BCUT2D eigenvalue weighted by Gasteiger charge is -2.26. The van der Waals surface area contributed by atoms with Crippen LogP contribution in [0.25, 0.3) is 0 Å². The highest BCUT2D eigenvalue weighted by Crippen LogP contribution is 2.42. The third-order valence-corrected chi connectivity index (χ3v) is 4.41. The molecule has 3 rings (SSSR count). The van der Waals surface area contributed by atoms with Gasteiger partial charge in [0, 0.05) is 5.56 Å². The summed E-state index contributed by atoms with van der Waals surface area (Å²) in [6.45, 7) is 2.76. The highest BCUT2D eigenvalue weighted by molar-refractivity contribution is 5.45. The Kier molecular flexibility index (Phi) is 4.58. The van der Waals surface area contributed by atoms with Crippen LogP contribution in [0.2, 0.25) is 0 Å². The van der Waals surface area contributed by atoms with E-state index in [1.165, 1.54) is 0 Å². The van der Waals surface area contributed by atoms with E-state index in [-0.39, 0.29) is 23.7 Å². The van der Waals surface area contributed by atoms with Crippen LogP contribution >= 0.6 is 0 Å². The molecule has 140 valence electrons. The van der Waals surface area contributed by atoms with Gasteiger partial charge in [0.05, 0.1) is 5.56 Å². The van der Waals surface area contributed by atoms with Crippen molar-refractivity contribution in [1.29, 1.82) is 0 Å². The largest absolute Gasteiger partial charge is 0.485 e. The maximum Gasteiger partial charge on any atom is 0.416 e. The van der Waals surface area contributed by atoms with Gasteiger partial charge in [-0.15, -0.1) is 0 Å². The summed E-state index contributed by atoms with van der Waals surface area (Å²) >= 11 is 0. The van der Waals surface area contributed by atoms with Crippen molar-refractivity contribution >= 4 is 0 Å². The molecule has 2 nitrogen and oxygen atoms in total. The Morgan fingerprint density at radius 2 is 1.81 bits per heavy atom. The van der Waals surface area contributed by atoms with Crippen LogP contribution in [0.5, 0.6) is 11.5 Å². The summed E-state index contributed by atoms with van der Waals surface area (Å²) in [6, 6.07) is 7.31. The average molecular weight is 372 g/mol. The third-order valence-electron chi connectivity index (χ3n) is 4.41. The second-order valence-electron chi connectivity index (χ2n) is 6.18. The molecule has 7 heteroatoms. The SMILES string of the molecule is CCc1ccc2c(c1)OC(C)C(F)(F)c1cc(C(F)(F)F)ccc1CO2. The van der Waals surface area contributed by atoms with Crippen LogP contribution < -0.4 is 9.47 Å². The normalized spacial score (nSPS) is 19.1. The molecule has 1 unspecified atom stereocenters. The van der Waals surface area contributed by atoms with Crippen molar-refractivity contribution in [1.82, 2.24) is 0 Å². The molecular formula is C19H17F5O2. The molecule has 0 aliphatic carbocycles. The van der Waals surface area contributed by atoms with Gasteiger partial charge in [0.25, 0.3) is 0 Å². The predicted octanol–water partition coefficient (Wildman–Crippen LogP) is 5.72. The summed E-state index contributed by atoms with van der Waals surface area (Å²) in [6.07, 6.45) is -5.71. The van der Waals surface area contributed by atoms with Gasteiger partial charge in [-0.05, 0) is 48.7 Å². The molecule has 1 aliphatic rings. The van der Waals surface area contributed by atoms with Crippen molar-refractivity contribution in [3.63, 3.8) is 0 Å². The van der Waals surface area contributed by atoms with Gasteiger partial charge in [-0.2, -0.15) is 22.0 Å². The Morgan fingerprint density at radius 3 is 2.46 bits per heavy atom. The Morgan fingerprint density at radius 1 is 1.08 bits per heavy atom. The number of aryl methyl sites for hydroxylation is 1. The fourth-order valence-corrected chi connectivity index (χ4v) is 2.81. The van der Waals surface area contributed by atoms with E-state index in [0.29, 0.717) is 12.5 Å². The van der Waals surface area contributed by atoms with E-state index in [2.05, 4.69) is 0 Å². The van der Waals surface area contributed by atoms with Gasteiger partial charge in [0.15, 0.2) is 17.6 Å². The van der Waals surface area contributed by atoms with Gasteiger partial charge in [0.1, 0.15) is 6.61 Å². The lowest BCUT2D eigenvalue weighted by Crippen LogP contribution is -2.34. The lowest BCUT2D eigenvalue weighted by atomic mass is 9.96. The van der Waals surface area contributed by atoms with Gasteiger partial charge in [-0.3, -0.25) is 0 Å². The van der Waals surface area contributed by atoms with Crippen molar-refractivity contribution in [2.75, 3.05) is 0 Å². The first-order chi connectivity index (χ1) is 12.1. The molecule has 0 fully saturated rings. The topological polar surface area (TPSA) is 18.5 Å². The zero-order valence-corrected chi connectivity index (χ0v) is 14.2. The number of fused-ring (bicyclic) bond motifs is 2. The van der Waals surface area contributed by atoms with Crippen LogP contribution in [-0.2, 0) is 25.1 Å². The molecule has 2 aromatic rings. The van der Waals surface area contributed by atoms with Crippen LogP contribution in [0.15, 0.2) is 36.4 Å². The Labute approximate surface area is 147 Å². The lowest BCUT2D eigenvalue weighted by molar-refractivity contribution is -0.138. The molecule has 0 aromatic heterocycles. The van der Waals surface area contributed by atoms with E-state index in [1.54, 1.807) is 18.2 Å². The van der Waals surface area contributed by atoms with E-state index in [1.807, 2.05) is 6.92 Å². The molecule has 1 heterocycles. The van der Waals surface area contributed by atoms with Crippen molar-refractivity contribution in [2.24, 2.45) is 0 Å². The first-order valence-electron chi connectivity index (χ1n) is 8.13.